The van der Waals surface area contributed by atoms with E-state index in [1.165, 1.54) is 24.3 Å². The van der Waals surface area contributed by atoms with Gasteiger partial charge in [-0.1, -0.05) is 6.07 Å². The van der Waals surface area contributed by atoms with Crippen molar-refractivity contribution in [2.75, 3.05) is 16.2 Å². The van der Waals surface area contributed by atoms with Crippen molar-refractivity contribution in [3.8, 4) is 22.6 Å². The molecular weight excluding hydrogens is 576 g/mol. The van der Waals surface area contributed by atoms with Crippen molar-refractivity contribution >= 4 is 38.4 Å². The van der Waals surface area contributed by atoms with Crippen LogP contribution in [0.3, 0.4) is 0 Å². The highest BCUT2D eigenvalue weighted by Crippen LogP contribution is 2.37. The molecule has 0 fully saturated rings. The summed E-state index contributed by atoms with van der Waals surface area (Å²) in [6.45, 7) is 0. The number of halogens is 6. The first-order valence-electron chi connectivity index (χ1n) is 11.3. The first-order chi connectivity index (χ1) is 19.2. The number of aromatic nitrogens is 4. The molecule has 0 amide bonds. The molecule has 0 atom stereocenters. The lowest BCUT2D eigenvalue weighted by molar-refractivity contribution is -0.137. The number of alkyl halides is 3. The summed E-state index contributed by atoms with van der Waals surface area (Å²) in [6, 6.07) is 8.57. The molecular formula is C25H15F6N7O2S. The average Bonchev–Trinajstić information content (AvgIpc) is 2.90. The lowest BCUT2D eigenvalue weighted by Crippen LogP contribution is -2.16. The minimum absolute atomic E-state index is 0.0139. The fourth-order valence-electron chi connectivity index (χ4n) is 3.88. The number of pyridine rings is 2. The highest BCUT2D eigenvalue weighted by atomic mass is 32.2. The molecule has 0 aliphatic heterocycles. The topological polar surface area (TPSA) is 150 Å². The van der Waals surface area contributed by atoms with E-state index in [0.29, 0.717) is 18.2 Å². The van der Waals surface area contributed by atoms with E-state index in [0.717, 1.165) is 18.3 Å². The van der Waals surface area contributed by atoms with Crippen LogP contribution in [0.15, 0.2) is 65.7 Å². The summed E-state index contributed by atoms with van der Waals surface area (Å²) >= 11 is 0. The van der Waals surface area contributed by atoms with Gasteiger partial charge < -0.3 is 11.5 Å². The molecule has 3 heterocycles. The summed E-state index contributed by atoms with van der Waals surface area (Å²) in [4.78, 5) is 14.9. The second kappa shape index (κ2) is 9.88. The Morgan fingerprint density at radius 3 is 2.34 bits per heavy atom. The number of nitrogens with one attached hydrogen (secondary N) is 1. The minimum atomic E-state index is -4.80. The fraction of sp³-hybridized carbons (Fsp3) is 0.0400. The van der Waals surface area contributed by atoms with E-state index in [4.69, 9.17) is 11.5 Å². The summed E-state index contributed by atoms with van der Waals surface area (Å²) in [5.74, 6) is -4.50. The van der Waals surface area contributed by atoms with Gasteiger partial charge in [0.25, 0.3) is 10.0 Å². The maximum absolute atomic E-state index is 15.4. The number of sulfonamides is 1. The zero-order valence-corrected chi connectivity index (χ0v) is 21.0. The molecule has 0 spiro atoms. The van der Waals surface area contributed by atoms with Gasteiger partial charge in [0, 0.05) is 17.3 Å². The van der Waals surface area contributed by atoms with Gasteiger partial charge in [-0.25, -0.2) is 41.5 Å². The highest BCUT2D eigenvalue weighted by Gasteiger charge is 2.35. The van der Waals surface area contributed by atoms with Crippen LogP contribution in [-0.2, 0) is 16.2 Å². The smallest absolute Gasteiger partial charge is 0.384 e. The van der Waals surface area contributed by atoms with E-state index in [2.05, 4.69) is 19.9 Å². The van der Waals surface area contributed by atoms with Crippen LogP contribution < -0.4 is 16.2 Å². The first kappa shape index (κ1) is 27.6. The number of benzene rings is 2. The third-order valence-corrected chi connectivity index (χ3v) is 7.12. The Labute approximate surface area is 227 Å². The van der Waals surface area contributed by atoms with Crippen molar-refractivity contribution in [2.45, 2.75) is 11.1 Å². The molecule has 5 N–H and O–H groups in total. The van der Waals surface area contributed by atoms with Gasteiger partial charge in [0.15, 0.2) is 17.5 Å². The molecule has 0 aliphatic carbocycles. The minimum Gasteiger partial charge on any atom is -0.384 e. The average molecular weight is 591 g/mol. The van der Waals surface area contributed by atoms with Gasteiger partial charge in [0.05, 0.1) is 22.5 Å². The van der Waals surface area contributed by atoms with Crippen molar-refractivity contribution in [1.29, 1.82) is 0 Å². The molecule has 41 heavy (non-hydrogen) atoms. The summed E-state index contributed by atoms with van der Waals surface area (Å²) in [6.07, 6.45) is -3.94. The van der Waals surface area contributed by atoms with Crippen molar-refractivity contribution < 1.29 is 34.8 Å². The molecule has 16 heteroatoms. The third-order valence-electron chi connectivity index (χ3n) is 5.74. The van der Waals surface area contributed by atoms with Crippen LogP contribution in [0, 0.1) is 17.5 Å². The fourth-order valence-corrected chi connectivity index (χ4v) is 5.03. The lowest BCUT2D eigenvalue weighted by Gasteiger charge is -2.14. The zero-order valence-electron chi connectivity index (χ0n) is 20.2. The largest absolute Gasteiger partial charge is 0.417 e. The number of hydrogen-bond donors (Lipinski definition) is 3. The molecule has 3 aromatic heterocycles. The van der Waals surface area contributed by atoms with E-state index in [9.17, 15) is 30.4 Å². The second-order valence-corrected chi connectivity index (χ2v) is 10.1. The number of rotatable bonds is 5. The predicted octanol–water partition coefficient (Wildman–Crippen LogP) is 5.16. The SMILES string of the molecule is Nc1cc(C(F)(F)F)c(-c2nc(N)c3nc(-c4cccc(NS(=O)(=O)c5cc(F)ccc5F)c4F)ccc3n2)cn1. The summed E-state index contributed by atoms with van der Waals surface area (Å²) in [5.41, 5.74) is 8.81. The first-order valence-corrected chi connectivity index (χ1v) is 12.8. The number of fused-ring (bicyclic) bond motifs is 1. The number of nitrogens with two attached hydrogens (primary N) is 2. The Bertz CT molecular complexity index is 1950. The van der Waals surface area contributed by atoms with Gasteiger partial charge in [0.2, 0.25) is 0 Å². The van der Waals surface area contributed by atoms with Crippen LogP contribution in [0.1, 0.15) is 5.56 Å². The molecule has 0 saturated carbocycles. The van der Waals surface area contributed by atoms with Crippen molar-refractivity contribution in [3.05, 3.63) is 83.8 Å². The Balaban J connectivity index is 1.55. The van der Waals surface area contributed by atoms with Crippen LogP contribution >= 0.6 is 0 Å². The summed E-state index contributed by atoms with van der Waals surface area (Å²) in [7, 11) is -4.74. The maximum atomic E-state index is 15.4. The number of nitrogen functional groups attached to an aromatic ring is 2. The summed E-state index contributed by atoms with van der Waals surface area (Å²) < 4.78 is 111. The van der Waals surface area contributed by atoms with E-state index in [1.807, 2.05) is 4.72 Å². The van der Waals surface area contributed by atoms with E-state index in [-0.39, 0.29) is 33.9 Å². The Kier molecular flexibility index (Phi) is 6.65. The monoisotopic (exact) mass is 591 g/mol. The van der Waals surface area contributed by atoms with Gasteiger partial charge in [-0.05, 0) is 48.5 Å². The molecule has 2 aromatic carbocycles. The Morgan fingerprint density at radius 2 is 1.61 bits per heavy atom. The quantitative estimate of drug-likeness (QED) is 0.238. The standard InChI is InChI=1S/C25H15F6N7O2S/c26-11-4-5-15(27)19(8-11)41(39,40)38-17-3-1-2-12(21(17)28)16-6-7-18-22(35-16)23(33)37-24(36-18)13-10-34-20(32)9-14(13)25(29,30)31/h1-10,38H,(H2,32,34)(H2,33,36,37). The molecule has 0 aliphatic rings. The highest BCUT2D eigenvalue weighted by molar-refractivity contribution is 7.92. The van der Waals surface area contributed by atoms with Crippen LogP contribution in [-0.4, -0.2) is 28.4 Å². The van der Waals surface area contributed by atoms with Crippen molar-refractivity contribution in [1.82, 2.24) is 19.9 Å². The van der Waals surface area contributed by atoms with Gasteiger partial charge in [-0.3, -0.25) is 4.72 Å². The Morgan fingerprint density at radius 1 is 0.854 bits per heavy atom. The third kappa shape index (κ3) is 5.28. The molecule has 9 nitrogen and oxygen atoms in total. The molecule has 0 saturated heterocycles. The molecule has 0 bridgehead atoms. The van der Waals surface area contributed by atoms with Crippen LogP contribution in [0.25, 0.3) is 33.7 Å². The van der Waals surface area contributed by atoms with Gasteiger partial charge in [0.1, 0.15) is 27.9 Å². The van der Waals surface area contributed by atoms with Crippen molar-refractivity contribution in [3.63, 3.8) is 0 Å². The van der Waals surface area contributed by atoms with Gasteiger partial charge >= 0.3 is 6.18 Å². The lowest BCUT2D eigenvalue weighted by atomic mass is 10.1. The normalized spacial score (nSPS) is 12.0. The van der Waals surface area contributed by atoms with E-state index in [1.54, 1.807) is 0 Å². The molecule has 0 radical (unpaired) electrons. The molecule has 5 aromatic rings. The Hall–Kier alpha value is -4.99. The van der Waals surface area contributed by atoms with E-state index >= 15 is 4.39 Å². The number of nitrogens with zero attached hydrogens (tertiary/aromatic N) is 4. The van der Waals surface area contributed by atoms with Crippen LogP contribution in [0.2, 0.25) is 0 Å². The van der Waals surface area contributed by atoms with Crippen LogP contribution in [0.5, 0.6) is 0 Å². The van der Waals surface area contributed by atoms with Gasteiger partial charge in [-0.2, -0.15) is 13.2 Å². The molecule has 5 rings (SSSR count). The second-order valence-electron chi connectivity index (χ2n) is 8.50. The maximum Gasteiger partial charge on any atom is 0.417 e. The van der Waals surface area contributed by atoms with Crippen LogP contribution in [0.4, 0.5) is 43.7 Å². The zero-order chi connectivity index (χ0) is 29.7. The van der Waals surface area contributed by atoms with Gasteiger partial charge in [-0.15, -0.1) is 0 Å². The predicted molar refractivity (Wildman–Crippen MR) is 137 cm³/mol. The number of anilines is 3. The number of hydrogen-bond acceptors (Lipinski definition) is 8. The van der Waals surface area contributed by atoms with E-state index < -0.39 is 61.2 Å². The molecule has 0 unspecified atom stereocenters. The van der Waals surface area contributed by atoms with Crippen molar-refractivity contribution in [2.24, 2.45) is 0 Å². The summed E-state index contributed by atoms with van der Waals surface area (Å²) in [5, 5.41) is 0. The molecule has 210 valence electrons.